The van der Waals surface area contributed by atoms with Crippen molar-refractivity contribution in [1.29, 1.82) is 0 Å². The molecule has 6 nitrogen and oxygen atoms in total. The van der Waals surface area contributed by atoms with Gasteiger partial charge in [0.15, 0.2) is 5.69 Å². The van der Waals surface area contributed by atoms with Crippen molar-refractivity contribution < 1.29 is 27.2 Å². The summed E-state index contributed by atoms with van der Waals surface area (Å²) in [6.45, 7) is -0.0667. The van der Waals surface area contributed by atoms with E-state index < -0.39 is 29.5 Å². The molecule has 3 aromatic rings. The van der Waals surface area contributed by atoms with E-state index in [1.807, 2.05) is 0 Å². The molecule has 32 heavy (non-hydrogen) atoms. The maximum absolute atomic E-state index is 14.0. The molecule has 3 N–H and O–H groups in total. The predicted molar refractivity (Wildman–Crippen MR) is 109 cm³/mol. The van der Waals surface area contributed by atoms with Gasteiger partial charge in [0.05, 0.1) is 22.9 Å². The average molecular weight is 469 g/mol. The van der Waals surface area contributed by atoms with Gasteiger partial charge in [-0.25, -0.2) is 9.07 Å². The van der Waals surface area contributed by atoms with Gasteiger partial charge in [0.1, 0.15) is 12.1 Å². The first-order valence-electron chi connectivity index (χ1n) is 9.27. The Bertz CT molecular complexity index is 1150. The second-order valence-corrected chi connectivity index (χ2v) is 7.32. The number of carbonyl (C=O) groups excluding carboxylic acids is 2. The van der Waals surface area contributed by atoms with Crippen molar-refractivity contribution in [3.63, 3.8) is 0 Å². The fourth-order valence-electron chi connectivity index (χ4n) is 3.08. The lowest BCUT2D eigenvalue weighted by molar-refractivity contribution is -0.141. The third-order valence-corrected chi connectivity index (χ3v) is 4.88. The van der Waals surface area contributed by atoms with E-state index in [0.717, 1.165) is 16.8 Å². The largest absolute Gasteiger partial charge is 0.435 e. The van der Waals surface area contributed by atoms with Crippen molar-refractivity contribution in [3.8, 4) is 5.69 Å². The summed E-state index contributed by atoms with van der Waals surface area (Å²) in [5.74, 6) is -2.61. The molecule has 1 amide bonds. The summed E-state index contributed by atoms with van der Waals surface area (Å²) in [4.78, 5) is 22.7. The second-order valence-electron chi connectivity index (χ2n) is 6.89. The Kier molecular flexibility index (Phi) is 6.95. The van der Waals surface area contributed by atoms with Gasteiger partial charge in [0.25, 0.3) is 5.91 Å². The minimum Gasteiger partial charge on any atom is -0.366 e. The number of alkyl halides is 3. The Morgan fingerprint density at radius 2 is 1.97 bits per heavy atom. The van der Waals surface area contributed by atoms with Crippen LogP contribution in [0.1, 0.15) is 33.2 Å². The SMILES string of the molecule is NC(=O)c1ccc(C(C=O)CNCc2cc(C(F)(F)F)nn2-c2cccc(Cl)c2)cc1F. The highest BCUT2D eigenvalue weighted by Crippen LogP contribution is 2.30. The minimum absolute atomic E-state index is 0.000928. The van der Waals surface area contributed by atoms with Gasteiger partial charge in [-0.05, 0) is 42.0 Å². The Morgan fingerprint density at radius 1 is 1.22 bits per heavy atom. The number of nitrogens with one attached hydrogen (secondary N) is 1. The maximum atomic E-state index is 14.0. The summed E-state index contributed by atoms with van der Waals surface area (Å²) in [7, 11) is 0. The van der Waals surface area contributed by atoms with Crippen LogP contribution in [0.4, 0.5) is 17.6 Å². The summed E-state index contributed by atoms with van der Waals surface area (Å²) < 4.78 is 54.7. The molecular weight excluding hydrogens is 452 g/mol. The van der Waals surface area contributed by atoms with Gasteiger partial charge < -0.3 is 15.8 Å². The molecule has 0 bridgehead atoms. The number of rotatable bonds is 8. The van der Waals surface area contributed by atoms with E-state index in [1.165, 1.54) is 18.2 Å². The van der Waals surface area contributed by atoms with Crippen LogP contribution in [-0.4, -0.2) is 28.5 Å². The average Bonchev–Trinajstić information content (AvgIpc) is 3.15. The molecule has 0 fully saturated rings. The summed E-state index contributed by atoms with van der Waals surface area (Å²) >= 11 is 5.94. The molecule has 0 aliphatic heterocycles. The zero-order valence-electron chi connectivity index (χ0n) is 16.4. The summed E-state index contributed by atoms with van der Waals surface area (Å²) in [6, 6.07) is 10.7. The van der Waals surface area contributed by atoms with Crippen molar-refractivity contribution in [2.24, 2.45) is 5.73 Å². The monoisotopic (exact) mass is 468 g/mol. The first-order valence-corrected chi connectivity index (χ1v) is 9.65. The molecule has 1 heterocycles. The van der Waals surface area contributed by atoms with Gasteiger partial charge in [-0.15, -0.1) is 0 Å². The summed E-state index contributed by atoms with van der Waals surface area (Å²) in [5, 5.41) is 6.85. The van der Waals surface area contributed by atoms with Crippen LogP contribution < -0.4 is 11.1 Å². The standard InChI is InChI=1S/C21H17ClF4N4O2/c22-14-2-1-3-15(7-14)30-16(8-19(29-30)21(24,25)26)10-28-9-13(11-31)12-4-5-17(20(27)32)18(23)6-12/h1-8,11,13,28H,9-10H2,(H2,27,32). The van der Waals surface area contributed by atoms with Crippen molar-refractivity contribution in [1.82, 2.24) is 15.1 Å². The van der Waals surface area contributed by atoms with Gasteiger partial charge in [-0.1, -0.05) is 23.7 Å². The topological polar surface area (TPSA) is 90.0 Å². The van der Waals surface area contributed by atoms with Crippen molar-refractivity contribution >= 4 is 23.8 Å². The highest BCUT2D eigenvalue weighted by molar-refractivity contribution is 6.30. The fraction of sp³-hybridized carbons (Fsp3) is 0.190. The first-order chi connectivity index (χ1) is 15.1. The lowest BCUT2D eigenvalue weighted by Crippen LogP contribution is -2.24. The first kappa shape index (κ1) is 23.4. The molecule has 0 aliphatic rings. The number of benzene rings is 2. The van der Waals surface area contributed by atoms with Crippen molar-refractivity contribution in [3.05, 3.63) is 81.9 Å². The molecule has 1 atom stereocenters. The third-order valence-electron chi connectivity index (χ3n) is 4.65. The normalized spacial score (nSPS) is 12.5. The van der Waals surface area contributed by atoms with Crippen molar-refractivity contribution in [2.75, 3.05) is 6.54 Å². The van der Waals surface area contributed by atoms with Crippen LogP contribution in [0, 0.1) is 5.82 Å². The van der Waals surface area contributed by atoms with Crippen LogP contribution in [0.5, 0.6) is 0 Å². The number of carbonyl (C=O) groups is 2. The molecule has 2 aromatic carbocycles. The highest BCUT2D eigenvalue weighted by Gasteiger charge is 2.35. The maximum Gasteiger partial charge on any atom is 0.435 e. The molecule has 0 saturated heterocycles. The number of aldehydes is 1. The molecule has 11 heteroatoms. The molecule has 0 aliphatic carbocycles. The number of hydrogen-bond acceptors (Lipinski definition) is 4. The van der Waals surface area contributed by atoms with Crippen LogP contribution in [-0.2, 0) is 17.5 Å². The molecule has 168 valence electrons. The fourth-order valence-corrected chi connectivity index (χ4v) is 3.26. The van der Waals surface area contributed by atoms with E-state index in [0.29, 0.717) is 17.0 Å². The van der Waals surface area contributed by atoms with Crippen LogP contribution in [0.25, 0.3) is 5.69 Å². The predicted octanol–water partition coefficient (Wildman–Crippen LogP) is 3.85. The Hall–Kier alpha value is -3.24. The molecule has 0 spiro atoms. The zero-order valence-corrected chi connectivity index (χ0v) is 17.1. The lowest BCUT2D eigenvalue weighted by Gasteiger charge is -2.14. The van der Waals surface area contributed by atoms with E-state index >= 15 is 0 Å². The van der Waals surface area contributed by atoms with Gasteiger partial charge in [0, 0.05) is 18.1 Å². The third kappa shape index (κ3) is 5.32. The molecule has 3 rings (SSSR count). The van der Waals surface area contributed by atoms with Gasteiger partial charge in [-0.2, -0.15) is 18.3 Å². The van der Waals surface area contributed by atoms with Gasteiger partial charge in [0.2, 0.25) is 0 Å². The molecular formula is C21H17ClF4N4O2. The van der Waals surface area contributed by atoms with Gasteiger partial charge in [-0.3, -0.25) is 4.79 Å². The number of amides is 1. The molecule has 1 unspecified atom stereocenters. The Morgan fingerprint density at radius 3 is 2.56 bits per heavy atom. The second kappa shape index (κ2) is 9.49. The molecule has 0 radical (unpaired) electrons. The van der Waals surface area contributed by atoms with Crippen LogP contribution in [0.2, 0.25) is 5.02 Å². The van der Waals surface area contributed by atoms with E-state index in [1.54, 1.807) is 18.2 Å². The number of primary amides is 1. The minimum atomic E-state index is -4.65. The number of nitrogens with zero attached hydrogens (tertiary/aromatic N) is 2. The van der Waals surface area contributed by atoms with Crippen LogP contribution >= 0.6 is 11.6 Å². The molecule has 1 aromatic heterocycles. The highest BCUT2D eigenvalue weighted by atomic mass is 35.5. The van der Waals surface area contributed by atoms with Gasteiger partial charge >= 0.3 is 6.18 Å². The Labute approximate surface area is 185 Å². The Balaban J connectivity index is 1.80. The molecule has 0 saturated carbocycles. The number of hydrogen-bond donors (Lipinski definition) is 2. The van der Waals surface area contributed by atoms with Crippen LogP contribution in [0.15, 0.2) is 48.5 Å². The number of halogens is 5. The van der Waals surface area contributed by atoms with Crippen LogP contribution in [0.3, 0.4) is 0 Å². The van der Waals surface area contributed by atoms with E-state index in [4.69, 9.17) is 17.3 Å². The number of nitrogens with two attached hydrogens (primary N) is 1. The summed E-state index contributed by atoms with van der Waals surface area (Å²) in [6.07, 6.45) is -4.08. The smallest absolute Gasteiger partial charge is 0.366 e. The van der Waals surface area contributed by atoms with E-state index in [-0.39, 0.29) is 29.9 Å². The van der Waals surface area contributed by atoms with E-state index in [9.17, 15) is 27.2 Å². The van der Waals surface area contributed by atoms with Crippen molar-refractivity contribution in [2.45, 2.75) is 18.6 Å². The number of aromatic nitrogens is 2. The van der Waals surface area contributed by atoms with E-state index in [2.05, 4.69) is 10.4 Å². The quantitative estimate of drug-likeness (QED) is 0.388. The zero-order chi connectivity index (χ0) is 23.5. The lowest BCUT2D eigenvalue weighted by atomic mass is 9.98. The summed E-state index contributed by atoms with van der Waals surface area (Å²) in [5.41, 5.74) is 4.48.